The number of amides is 1. The standard InChI is InChI=1S/C18H21N5OS/c1-18(2,3)12-5-7-13(8-6-12)22-15(24)10-25-17-14-9-21-23(4)16(14)19-11-20-17/h5-9,11H,10H2,1-4H3,(H,22,24). The zero-order valence-electron chi connectivity index (χ0n) is 14.8. The Balaban J connectivity index is 1.63. The second-order valence-electron chi connectivity index (χ2n) is 6.85. The number of carbonyl (C=O) groups excluding carboxylic acids is 1. The number of aromatic nitrogens is 4. The molecule has 130 valence electrons. The molecule has 0 fully saturated rings. The fourth-order valence-electron chi connectivity index (χ4n) is 2.44. The fourth-order valence-corrected chi connectivity index (χ4v) is 3.20. The number of thioether (sulfide) groups is 1. The summed E-state index contributed by atoms with van der Waals surface area (Å²) in [5, 5.41) is 8.72. The summed E-state index contributed by atoms with van der Waals surface area (Å²) in [5.74, 6) is 0.214. The highest BCUT2D eigenvalue weighted by Crippen LogP contribution is 2.25. The number of hydrogen-bond donors (Lipinski definition) is 1. The lowest BCUT2D eigenvalue weighted by Crippen LogP contribution is -2.15. The lowest BCUT2D eigenvalue weighted by atomic mass is 9.87. The van der Waals surface area contributed by atoms with Crippen LogP contribution in [0.1, 0.15) is 26.3 Å². The van der Waals surface area contributed by atoms with E-state index in [9.17, 15) is 4.79 Å². The molecule has 0 aliphatic rings. The van der Waals surface area contributed by atoms with Gasteiger partial charge in [-0.05, 0) is 23.1 Å². The van der Waals surface area contributed by atoms with Crippen molar-refractivity contribution < 1.29 is 4.79 Å². The first-order valence-electron chi connectivity index (χ1n) is 8.00. The summed E-state index contributed by atoms with van der Waals surface area (Å²) in [7, 11) is 1.83. The van der Waals surface area contributed by atoms with Gasteiger partial charge in [0, 0.05) is 12.7 Å². The number of carbonyl (C=O) groups is 1. The Hall–Kier alpha value is -2.41. The van der Waals surface area contributed by atoms with Gasteiger partial charge in [0.25, 0.3) is 0 Å². The summed E-state index contributed by atoms with van der Waals surface area (Å²) >= 11 is 1.38. The molecule has 0 radical (unpaired) electrons. The number of anilines is 1. The van der Waals surface area contributed by atoms with Crippen LogP contribution in [0.2, 0.25) is 0 Å². The molecule has 0 aliphatic heterocycles. The Kier molecular flexibility index (Phi) is 4.76. The molecular weight excluding hydrogens is 334 g/mol. The predicted octanol–water partition coefficient (Wildman–Crippen LogP) is 3.39. The van der Waals surface area contributed by atoms with Crippen molar-refractivity contribution in [1.82, 2.24) is 19.7 Å². The molecule has 0 unspecified atom stereocenters. The van der Waals surface area contributed by atoms with Crippen LogP contribution >= 0.6 is 11.8 Å². The lowest BCUT2D eigenvalue weighted by Gasteiger charge is -2.19. The Morgan fingerprint density at radius 3 is 2.60 bits per heavy atom. The first kappa shape index (κ1) is 17.4. The van der Waals surface area contributed by atoms with Gasteiger partial charge in [0.1, 0.15) is 11.4 Å². The first-order chi connectivity index (χ1) is 11.8. The number of nitrogens with one attached hydrogen (secondary N) is 1. The smallest absolute Gasteiger partial charge is 0.234 e. The van der Waals surface area contributed by atoms with Gasteiger partial charge in [-0.15, -0.1) is 0 Å². The summed E-state index contributed by atoms with van der Waals surface area (Å²) in [6, 6.07) is 7.97. The number of rotatable bonds is 4. The monoisotopic (exact) mass is 355 g/mol. The molecule has 3 aromatic rings. The van der Waals surface area contributed by atoms with Crippen molar-refractivity contribution in [3.63, 3.8) is 0 Å². The van der Waals surface area contributed by atoms with Crippen LogP contribution in [0.25, 0.3) is 11.0 Å². The van der Waals surface area contributed by atoms with Gasteiger partial charge in [-0.25, -0.2) is 9.97 Å². The number of fused-ring (bicyclic) bond motifs is 1. The van der Waals surface area contributed by atoms with E-state index in [2.05, 4.69) is 41.2 Å². The molecule has 3 rings (SSSR count). The molecule has 0 bridgehead atoms. The van der Waals surface area contributed by atoms with Crippen molar-refractivity contribution in [3.8, 4) is 0 Å². The average Bonchev–Trinajstić information content (AvgIpc) is 2.95. The molecule has 25 heavy (non-hydrogen) atoms. The molecule has 0 aliphatic carbocycles. The van der Waals surface area contributed by atoms with E-state index in [0.29, 0.717) is 0 Å². The molecule has 0 saturated heterocycles. The molecule has 0 saturated carbocycles. The Bertz CT molecular complexity index is 896. The Morgan fingerprint density at radius 1 is 1.20 bits per heavy atom. The van der Waals surface area contributed by atoms with Crippen LogP contribution in [0.15, 0.2) is 41.8 Å². The summed E-state index contributed by atoms with van der Waals surface area (Å²) in [4.78, 5) is 20.7. The summed E-state index contributed by atoms with van der Waals surface area (Å²) < 4.78 is 1.69. The fraction of sp³-hybridized carbons (Fsp3) is 0.333. The molecule has 1 amide bonds. The maximum atomic E-state index is 12.2. The predicted molar refractivity (Wildman–Crippen MR) is 101 cm³/mol. The van der Waals surface area contributed by atoms with Gasteiger partial charge in [-0.1, -0.05) is 44.7 Å². The highest BCUT2D eigenvalue weighted by atomic mass is 32.2. The van der Waals surface area contributed by atoms with E-state index in [0.717, 1.165) is 21.7 Å². The third kappa shape index (κ3) is 3.99. The van der Waals surface area contributed by atoms with Gasteiger partial charge in [-0.2, -0.15) is 5.10 Å². The van der Waals surface area contributed by atoms with Gasteiger partial charge in [0.05, 0.1) is 17.3 Å². The van der Waals surface area contributed by atoms with E-state index in [1.165, 1.54) is 23.7 Å². The third-order valence-electron chi connectivity index (χ3n) is 3.87. The summed E-state index contributed by atoms with van der Waals surface area (Å²) in [6.07, 6.45) is 3.22. The largest absolute Gasteiger partial charge is 0.325 e. The average molecular weight is 355 g/mol. The van der Waals surface area contributed by atoms with Crippen molar-refractivity contribution in [2.75, 3.05) is 11.1 Å². The van der Waals surface area contributed by atoms with Gasteiger partial charge in [0.15, 0.2) is 5.65 Å². The van der Waals surface area contributed by atoms with Crippen molar-refractivity contribution in [2.45, 2.75) is 31.2 Å². The van der Waals surface area contributed by atoms with Crippen LogP contribution in [-0.4, -0.2) is 31.4 Å². The molecule has 1 N–H and O–H groups in total. The highest BCUT2D eigenvalue weighted by molar-refractivity contribution is 8.00. The molecule has 2 heterocycles. The minimum Gasteiger partial charge on any atom is -0.325 e. The van der Waals surface area contributed by atoms with E-state index in [4.69, 9.17) is 0 Å². The maximum absolute atomic E-state index is 12.2. The molecule has 6 nitrogen and oxygen atoms in total. The maximum Gasteiger partial charge on any atom is 0.234 e. The second kappa shape index (κ2) is 6.84. The molecular formula is C18H21N5OS. The van der Waals surface area contributed by atoms with E-state index >= 15 is 0 Å². The Morgan fingerprint density at radius 2 is 1.92 bits per heavy atom. The van der Waals surface area contributed by atoms with Gasteiger partial charge in [0.2, 0.25) is 5.91 Å². The minimum absolute atomic E-state index is 0.0656. The van der Waals surface area contributed by atoms with Crippen LogP contribution in [0, 0.1) is 0 Å². The summed E-state index contributed by atoms with van der Waals surface area (Å²) in [6.45, 7) is 6.49. The van der Waals surface area contributed by atoms with Crippen LogP contribution < -0.4 is 5.32 Å². The van der Waals surface area contributed by atoms with Crippen molar-refractivity contribution in [1.29, 1.82) is 0 Å². The SMILES string of the molecule is Cn1ncc2c(SCC(=O)Nc3ccc(C(C)(C)C)cc3)ncnc21. The highest BCUT2D eigenvalue weighted by Gasteiger charge is 2.14. The van der Waals surface area contributed by atoms with Crippen molar-refractivity contribution in [2.24, 2.45) is 7.05 Å². The van der Waals surface area contributed by atoms with E-state index in [1.807, 2.05) is 31.3 Å². The zero-order chi connectivity index (χ0) is 18.0. The van der Waals surface area contributed by atoms with Gasteiger partial charge in [-0.3, -0.25) is 9.48 Å². The van der Waals surface area contributed by atoms with Gasteiger partial charge < -0.3 is 5.32 Å². The van der Waals surface area contributed by atoms with Crippen molar-refractivity contribution in [3.05, 3.63) is 42.4 Å². The molecule has 1 aromatic carbocycles. The van der Waals surface area contributed by atoms with E-state index in [1.54, 1.807) is 10.9 Å². The van der Waals surface area contributed by atoms with Gasteiger partial charge >= 0.3 is 0 Å². The second-order valence-corrected chi connectivity index (χ2v) is 7.81. The zero-order valence-corrected chi connectivity index (χ0v) is 15.6. The van der Waals surface area contributed by atoms with Crippen molar-refractivity contribution >= 4 is 34.4 Å². The lowest BCUT2D eigenvalue weighted by molar-refractivity contribution is -0.113. The Labute approximate surface area is 151 Å². The van der Waals surface area contributed by atoms with Crippen LogP contribution in [-0.2, 0) is 17.3 Å². The summed E-state index contributed by atoms with van der Waals surface area (Å²) in [5.41, 5.74) is 2.89. The number of aryl methyl sites for hydroxylation is 1. The first-order valence-corrected chi connectivity index (χ1v) is 8.99. The topological polar surface area (TPSA) is 72.7 Å². The van der Waals surface area contributed by atoms with E-state index in [-0.39, 0.29) is 17.1 Å². The normalized spacial score (nSPS) is 11.7. The number of nitrogens with zero attached hydrogens (tertiary/aromatic N) is 4. The molecule has 7 heteroatoms. The molecule has 2 aromatic heterocycles. The van der Waals surface area contributed by atoms with Crippen LogP contribution in [0.5, 0.6) is 0 Å². The van der Waals surface area contributed by atoms with Crippen LogP contribution in [0.4, 0.5) is 5.69 Å². The molecule has 0 atom stereocenters. The third-order valence-corrected chi connectivity index (χ3v) is 4.87. The quantitative estimate of drug-likeness (QED) is 0.574. The van der Waals surface area contributed by atoms with E-state index < -0.39 is 0 Å². The molecule has 0 spiro atoms. The van der Waals surface area contributed by atoms with Crippen LogP contribution in [0.3, 0.4) is 0 Å². The number of hydrogen-bond acceptors (Lipinski definition) is 5. The number of benzene rings is 1. The minimum atomic E-state index is -0.0656.